The molecule has 0 saturated heterocycles. The van der Waals surface area contributed by atoms with Gasteiger partial charge in [-0.05, 0) is 19.3 Å². The fraction of sp³-hybridized carbons (Fsp3) is 0.412. The van der Waals surface area contributed by atoms with Crippen molar-refractivity contribution in [1.29, 1.82) is 0 Å². The van der Waals surface area contributed by atoms with E-state index in [1.807, 2.05) is 43.4 Å². The number of aryl methyl sites for hydroxylation is 1. The predicted molar refractivity (Wildman–Crippen MR) is 91.3 cm³/mol. The molecule has 5 nitrogen and oxygen atoms in total. The molecule has 23 heavy (non-hydrogen) atoms. The molecule has 0 unspecified atom stereocenters. The third-order valence-corrected chi connectivity index (χ3v) is 4.11. The van der Waals surface area contributed by atoms with Crippen molar-refractivity contribution in [3.05, 3.63) is 42.2 Å². The molecule has 0 atom stereocenters. The number of hydrogen-bond acceptors (Lipinski definition) is 4. The van der Waals surface area contributed by atoms with Crippen LogP contribution in [0.3, 0.4) is 0 Å². The number of carbonyl (C=O) groups is 1. The van der Waals surface area contributed by atoms with E-state index in [1.54, 1.807) is 4.90 Å². The van der Waals surface area contributed by atoms with Crippen molar-refractivity contribution in [3.63, 3.8) is 0 Å². The number of nitrogens with two attached hydrogens (primary N) is 1. The molecule has 0 radical (unpaired) electrons. The molecule has 2 N–H and O–H groups in total. The molecule has 1 amide bonds. The van der Waals surface area contributed by atoms with Crippen LogP contribution in [0.15, 0.2) is 40.9 Å². The van der Waals surface area contributed by atoms with Crippen LogP contribution in [0.2, 0.25) is 0 Å². The average Bonchev–Trinajstić information content (AvgIpc) is 3.12. The van der Waals surface area contributed by atoms with Gasteiger partial charge in [-0.25, -0.2) is 0 Å². The average molecular weight is 336 g/mol. The van der Waals surface area contributed by atoms with Gasteiger partial charge in [0.25, 0.3) is 0 Å². The second-order valence-electron chi connectivity index (χ2n) is 6.03. The van der Waals surface area contributed by atoms with E-state index in [4.69, 9.17) is 10.3 Å². The normalized spacial score (nSPS) is 14.9. The lowest BCUT2D eigenvalue weighted by Crippen LogP contribution is -2.44. The van der Waals surface area contributed by atoms with E-state index in [2.05, 4.69) is 5.16 Å². The van der Waals surface area contributed by atoms with E-state index in [-0.39, 0.29) is 18.3 Å². The second kappa shape index (κ2) is 7.15. The molecular formula is C17H22ClN3O2. The maximum absolute atomic E-state index is 12.0. The topological polar surface area (TPSA) is 72.4 Å². The van der Waals surface area contributed by atoms with Crippen molar-refractivity contribution >= 4 is 18.3 Å². The van der Waals surface area contributed by atoms with Gasteiger partial charge in [0.2, 0.25) is 5.91 Å². The van der Waals surface area contributed by atoms with E-state index < -0.39 is 5.54 Å². The van der Waals surface area contributed by atoms with Gasteiger partial charge in [0, 0.05) is 31.6 Å². The van der Waals surface area contributed by atoms with Crippen LogP contribution in [-0.4, -0.2) is 35.1 Å². The lowest BCUT2D eigenvalue weighted by molar-refractivity contribution is -0.132. The van der Waals surface area contributed by atoms with Crippen LogP contribution in [0.25, 0.3) is 11.3 Å². The lowest BCUT2D eigenvalue weighted by Gasteiger charge is -2.20. The van der Waals surface area contributed by atoms with Crippen molar-refractivity contribution in [3.8, 4) is 11.3 Å². The third-order valence-electron chi connectivity index (χ3n) is 4.11. The van der Waals surface area contributed by atoms with Gasteiger partial charge in [0.15, 0.2) is 0 Å². The highest BCUT2D eigenvalue weighted by Crippen LogP contribution is 2.33. The number of amides is 1. The van der Waals surface area contributed by atoms with Crippen LogP contribution in [0.1, 0.15) is 25.0 Å². The summed E-state index contributed by atoms with van der Waals surface area (Å²) >= 11 is 0. The Morgan fingerprint density at radius 1 is 1.35 bits per heavy atom. The Labute approximate surface area is 142 Å². The zero-order chi connectivity index (χ0) is 15.6. The van der Waals surface area contributed by atoms with Crippen LogP contribution in [0.4, 0.5) is 0 Å². The van der Waals surface area contributed by atoms with Crippen LogP contribution >= 0.6 is 12.4 Å². The number of benzene rings is 1. The molecule has 124 valence electrons. The van der Waals surface area contributed by atoms with Crippen LogP contribution < -0.4 is 5.73 Å². The summed E-state index contributed by atoms with van der Waals surface area (Å²) < 4.78 is 5.36. The van der Waals surface area contributed by atoms with Crippen molar-refractivity contribution in [2.24, 2.45) is 5.73 Å². The van der Waals surface area contributed by atoms with Gasteiger partial charge in [0.1, 0.15) is 11.5 Å². The Hall–Kier alpha value is -1.85. The summed E-state index contributed by atoms with van der Waals surface area (Å²) in [5.74, 6) is 0.892. The Kier molecular flexibility index (Phi) is 5.44. The first-order valence-electron chi connectivity index (χ1n) is 7.64. The van der Waals surface area contributed by atoms with Gasteiger partial charge in [0.05, 0.1) is 5.54 Å². The number of rotatable bonds is 6. The van der Waals surface area contributed by atoms with Gasteiger partial charge in [-0.2, -0.15) is 0 Å². The summed E-state index contributed by atoms with van der Waals surface area (Å²) in [5.41, 5.74) is 7.23. The number of aromatic nitrogens is 1. The molecule has 1 saturated carbocycles. The molecule has 1 fully saturated rings. The maximum atomic E-state index is 12.0. The molecule has 1 heterocycles. The molecule has 1 aromatic carbocycles. The van der Waals surface area contributed by atoms with E-state index in [0.29, 0.717) is 6.54 Å². The SMILES string of the molecule is CN(CCCc1cc(-c2ccccc2)no1)C(=O)C1(N)CC1.Cl. The third kappa shape index (κ3) is 4.12. The first-order valence-corrected chi connectivity index (χ1v) is 7.64. The Balaban J connectivity index is 0.00000192. The van der Waals surface area contributed by atoms with E-state index in [9.17, 15) is 4.79 Å². The molecule has 1 aliphatic rings. The maximum Gasteiger partial charge on any atom is 0.242 e. The Bertz CT molecular complexity index is 653. The molecule has 0 spiro atoms. The summed E-state index contributed by atoms with van der Waals surface area (Å²) in [6, 6.07) is 11.9. The number of hydrogen-bond donors (Lipinski definition) is 1. The molecule has 2 aromatic rings. The summed E-state index contributed by atoms with van der Waals surface area (Å²) in [7, 11) is 1.81. The van der Waals surface area contributed by atoms with E-state index in [1.165, 1.54) is 0 Å². The predicted octanol–water partition coefficient (Wildman–Crippen LogP) is 2.65. The monoisotopic (exact) mass is 335 g/mol. The smallest absolute Gasteiger partial charge is 0.242 e. The second-order valence-corrected chi connectivity index (χ2v) is 6.03. The number of likely N-dealkylation sites (N-methyl/N-ethyl adjacent to an activating group) is 1. The Morgan fingerprint density at radius 3 is 2.70 bits per heavy atom. The molecule has 1 aromatic heterocycles. The van der Waals surface area contributed by atoms with Gasteiger partial charge >= 0.3 is 0 Å². The minimum absolute atomic E-state index is 0. The number of halogens is 1. The van der Waals surface area contributed by atoms with Crippen molar-refractivity contribution in [2.75, 3.05) is 13.6 Å². The minimum atomic E-state index is -0.582. The van der Waals surface area contributed by atoms with Crippen molar-refractivity contribution in [1.82, 2.24) is 10.1 Å². The van der Waals surface area contributed by atoms with Gasteiger partial charge in [-0.15, -0.1) is 12.4 Å². The molecule has 3 rings (SSSR count). The summed E-state index contributed by atoms with van der Waals surface area (Å²) in [6.45, 7) is 0.680. The van der Waals surface area contributed by atoms with E-state index in [0.717, 1.165) is 42.7 Å². The zero-order valence-electron chi connectivity index (χ0n) is 13.2. The zero-order valence-corrected chi connectivity index (χ0v) is 14.0. The summed E-state index contributed by atoms with van der Waals surface area (Å²) in [5, 5.41) is 4.09. The number of carbonyl (C=O) groups excluding carboxylic acids is 1. The van der Waals surface area contributed by atoms with Crippen LogP contribution in [-0.2, 0) is 11.2 Å². The lowest BCUT2D eigenvalue weighted by atomic mass is 10.1. The van der Waals surface area contributed by atoms with Crippen molar-refractivity contribution < 1.29 is 9.32 Å². The highest BCUT2D eigenvalue weighted by atomic mass is 35.5. The molecule has 1 aliphatic carbocycles. The van der Waals surface area contributed by atoms with Gasteiger partial charge < -0.3 is 15.2 Å². The van der Waals surface area contributed by atoms with Gasteiger partial charge in [-0.1, -0.05) is 35.5 Å². The fourth-order valence-corrected chi connectivity index (χ4v) is 2.50. The quantitative estimate of drug-likeness (QED) is 0.880. The first-order chi connectivity index (χ1) is 10.6. The molecule has 0 aliphatic heterocycles. The van der Waals surface area contributed by atoms with Crippen LogP contribution in [0.5, 0.6) is 0 Å². The van der Waals surface area contributed by atoms with Crippen LogP contribution in [0, 0.1) is 0 Å². The standard InChI is InChI=1S/C17H21N3O2.ClH/c1-20(16(21)17(18)9-10-17)11-5-8-14-12-15(19-22-14)13-6-3-2-4-7-13;/h2-4,6-7,12H,5,8-11,18H2,1H3;1H. The van der Waals surface area contributed by atoms with Gasteiger partial charge in [-0.3, -0.25) is 4.79 Å². The Morgan fingerprint density at radius 2 is 2.04 bits per heavy atom. The van der Waals surface area contributed by atoms with Crippen molar-refractivity contribution in [2.45, 2.75) is 31.2 Å². The highest BCUT2D eigenvalue weighted by Gasteiger charge is 2.47. The fourth-order valence-electron chi connectivity index (χ4n) is 2.50. The minimum Gasteiger partial charge on any atom is -0.361 e. The largest absolute Gasteiger partial charge is 0.361 e. The molecular weight excluding hydrogens is 314 g/mol. The van der Waals surface area contributed by atoms with E-state index >= 15 is 0 Å². The highest BCUT2D eigenvalue weighted by molar-refractivity contribution is 5.88. The number of nitrogens with zero attached hydrogens (tertiary/aromatic N) is 2. The molecule has 6 heteroatoms. The molecule has 0 bridgehead atoms. The summed E-state index contributed by atoms with van der Waals surface area (Å²) in [6.07, 6.45) is 3.20. The summed E-state index contributed by atoms with van der Waals surface area (Å²) in [4.78, 5) is 13.7. The first kappa shape index (κ1) is 17.5.